The van der Waals surface area contributed by atoms with Gasteiger partial charge in [-0.25, -0.2) is 82.4 Å². The number of alkyl halides is 1. The summed E-state index contributed by atoms with van der Waals surface area (Å²) < 4.78 is 173. The van der Waals surface area contributed by atoms with E-state index in [4.69, 9.17) is 95.8 Å². The van der Waals surface area contributed by atoms with Gasteiger partial charge < -0.3 is 83.9 Å². The Morgan fingerprint density at radius 1 is 0.521 bits per heavy atom. The summed E-state index contributed by atoms with van der Waals surface area (Å²) in [6, 6.07) is 35.6. The molecule has 0 unspecified atom stereocenters. The molecule has 0 spiro atoms. The minimum atomic E-state index is -3.92. The van der Waals surface area contributed by atoms with E-state index < -0.39 is 68.2 Å². The number of hydrogen-bond donors (Lipinski definition) is 11. The van der Waals surface area contributed by atoms with E-state index >= 15 is 0 Å². The predicted octanol–water partition coefficient (Wildman–Crippen LogP) is 8.72. The van der Waals surface area contributed by atoms with Crippen LogP contribution in [-0.4, -0.2) is 245 Å². The lowest BCUT2D eigenvalue weighted by Gasteiger charge is -2.28. The van der Waals surface area contributed by atoms with Gasteiger partial charge in [0.1, 0.15) is 75.7 Å². The average Bonchev–Trinajstić information content (AvgIpc) is 1.62. The molecule has 19 N–H and O–H groups in total. The molecule has 9 aromatic heterocycles. The van der Waals surface area contributed by atoms with Gasteiger partial charge in [-0.15, -0.1) is 0 Å². The number of nitrogens with zero attached hydrogens (tertiary/aromatic N) is 18. The van der Waals surface area contributed by atoms with Crippen LogP contribution in [0.15, 0.2) is 141 Å². The van der Waals surface area contributed by atoms with Crippen molar-refractivity contribution in [3.8, 4) is 33.8 Å². The summed E-state index contributed by atoms with van der Waals surface area (Å²) in [5.74, 6) is 0.254. The van der Waals surface area contributed by atoms with E-state index in [1.807, 2.05) is 71.4 Å². The highest BCUT2D eigenvalue weighted by Gasteiger charge is 2.31. The molecule has 3 aliphatic heterocycles. The Kier molecular flexibility index (Phi) is 36.7. The van der Waals surface area contributed by atoms with Gasteiger partial charge in [0.05, 0.1) is 77.4 Å². The average molecular weight is 2080 g/mol. The number of carbonyl (C=O) groups is 1. The van der Waals surface area contributed by atoms with E-state index in [2.05, 4.69) is 111 Å². The van der Waals surface area contributed by atoms with Crippen LogP contribution in [-0.2, 0) is 113 Å². The van der Waals surface area contributed by atoms with Crippen molar-refractivity contribution in [1.82, 2.24) is 98.3 Å². The highest BCUT2D eigenvalue weighted by atomic mass is 35.7. The zero-order chi connectivity index (χ0) is 104. The monoisotopic (exact) mass is 2080 g/mol. The van der Waals surface area contributed by atoms with E-state index in [0.717, 1.165) is 75.0 Å². The topological polar surface area (TPSA) is 691 Å². The Bertz CT molecular complexity index is 7510. The number of alkyl carbamates (subject to hydrolysis) is 1. The third-order valence-corrected chi connectivity index (χ3v) is 28.9. The second kappa shape index (κ2) is 48.2. The minimum Gasteiger partial charge on any atom is -0.748 e. The van der Waals surface area contributed by atoms with Gasteiger partial charge >= 0.3 is 6.09 Å². The molecule has 764 valence electrons. The Morgan fingerprint density at radius 2 is 0.887 bits per heavy atom. The number of halogens is 2. The number of nitrogen functional groups attached to an aromatic ring is 6. The molecule has 0 radical (unpaired) electrons. The number of carbonyl (C=O) groups excluding carboxylic acids is 1. The molecule has 0 saturated heterocycles. The molecule has 18 rings (SSSR count). The largest absolute Gasteiger partial charge is 0.748 e. The standard InChI is InChI=1S/C29H33N9O5S.C24H25N9O3S.C22H20N8O.C6H15N.C3H7ClO2S.C3H8O3S.C2H7NO3S.CH3F/c1-29(2,3)43-28(39)32-9-11-44(40,41)37-10-8-18-12-17(4-5-20(18)15-37)14-38-26-23(25(30)33-16-34-26)24(36-38)19-6-7-22-21(13-19)35-27(31)42-22;25-6-8-37(34,35)32-7-5-15-9-14(1-2-17(15)12-32)11-33-23-20(22(26)28-13-29-23)21(31-33)16-3-4-19-18(10-16)30-24(27)36-19;23-20-18-19(14-3-4-17-16(8-14)28-22(24)31-17)29-30(21(18)27-11-26-20)10-12-1-2-15-9-25-6-5-13(15)7-12;1-4-7(5-2)6-3;2*1-2-3-7(4,5)6;3-1-2-7(4,5)6;1-2/h4-7,12-13,16H,8-11,14-15H2,1-3H3,(H2,31,35)(H,32,39)(H2,30,33,34);1-4,9-10,13H,5-8,11-12,25H2,(H2,27,30)(H2,26,28,29);1-4,7-8,11,25H,5-6,9-10H2,(H2,24,28)(H2,23,26,27);4-6H2,1-3H3;2-3H2,1H3;2-3H2,1H3,(H,4,5,6);1-3H2,(H,4,5,6);1H3/p-1/i;;;;;;;1D. The van der Waals surface area contributed by atoms with Gasteiger partial charge in [-0.3, -0.25) is 8.94 Å². The number of anilines is 6. The van der Waals surface area contributed by atoms with Gasteiger partial charge in [0.2, 0.25) is 29.1 Å². The number of aromatic nitrogens is 15. The molecule has 0 aliphatic carbocycles. The smallest absolute Gasteiger partial charge is 0.407 e. The number of amides is 1. The van der Waals surface area contributed by atoms with Crippen LogP contribution in [0.2, 0.25) is 0 Å². The van der Waals surface area contributed by atoms with Crippen molar-refractivity contribution in [2.45, 2.75) is 132 Å². The fraction of sp³-hybridized carbons (Fsp3) is 0.389. The van der Waals surface area contributed by atoms with Crippen LogP contribution in [0.5, 0.6) is 0 Å². The Hall–Kier alpha value is -12.9. The molecular formula is C90H117ClFN28O17S5-. The van der Waals surface area contributed by atoms with E-state index in [1.165, 1.54) is 63.9 Å². The second-order valence-corrected chi connectivity index (χ2v) is 43.7. The molecule has 3 aliphatic rings. The lowest BCUT2D eigenvalue weighted by molar-refractivity contribution is 0.0530. The number of oxazole rings is 3. The molecule has 0 atom stereocenters. The van der Waals surface area contributed by atoms with Crippen molar-refractivity contribution in [2.24, 2.45) is 11.5 Å². The van der Waals surface area contributed by atoms with Gasteiger partial charge in [0.15, 0.2) is 33.7 Å². The highest BCUT2D eigenvalue weighted by molar-refractivity contribution is 8.13. The molecule has 12 heterocycles. The van der Waals surface area contributed by atoms with Crippen LogP contribution in [0.3, 0.4) is 0 Å². The molecule has 142 heavy (non-hydrogen) atoms. The number of nitrogens with one attached hydrogen (secondary N) is 2. The maximum atomic E-state index is 13.0. The zero-order valence-corrected chi connectivity index (χ0v) is 84.3. The van der Waals surface area contributed by atoms with Crippen LogP contribution >= 0.6 is 10.7 Å². The molecule has 15 aromatic rings. The first-order chi connectivity index (χ1) is 67.8. The van der Waals surface area contributed by atoms with Crippen molar-refractivity contribution in [3.63, 3.8) is 0 Å². The number of hydrogen-bond acceptors (Lipinski definition) is 38. The summed E-state index contributed by atoms with van der Waals surface area (Å²) in [5, 5.41) is 22.5. The molecule has 6 aromatic carbocycles. The second-order valence-electron chi connectivity index (χ2n) is 33.5. The lowest BCUT2D eigenvalue weighted by atomic mass is 9.98. The number of rotatable bonds is 25. The van der Waals surface area contributed by atoms with Gasteiger partial charge in [0.25, 0.3) is 28.2 Å². The first-order valence-electron chi connectivity index (χ1n) is 45.6. The number of fused-ring (bicyclic) bond motifs is 9. The van der Waals surface area contributed by atoms with Crippen LogP contribution in [0.4, 0.5) is 44.7 Å². The molecule has 52 heteroatoms. The van der Waals surface area contributed by atoms with Crippen LogP contribution in [0.1, 0.15) is 120 Å². The number of sulfonamides is 2. The van der Waals surface area contributed by atoms with E-state index in [1.54, 1.807) is 56.1 Å². The summed E-state index contributed by atoms with van der Waals surface area (Å²) in [6.07, 6.45) is 6.88. The number of ether oxygens (including phenoxy) is 1. The van der Waals surface area contributed by atoms with Crippen molar-refractivity contribution >= 4 is 168 Å². The minimum absolute atomic E-state index is 0.0289. The summed E-state index contributed by atoms with van der Waals surface area (Å²) in [6.45, 7) is 23.6. The normalized spacial score (nSPS) is 13.5. The summed E-state index contributed by atoms with van der Waals surface area (Å²) in [7, 11) is -14.1. The fourth-order valence-corrected chi connectivity index (χ4v) is 19.9. The Balaban J connectivity index is 0.000000179. The summed E-state index contributed by atoms with van der Waals surface area (Å²) in [4.78, 5) is 52.9. The fourth-order valence-electron chi connectivity index (χ4n) is 15.6. The van der Waals surface area contributed by atoms with Crippen LogP contribution < -0.4 is 56.5 Å². The maximum Gasteiger partial charge on any atom is 0.407 e. The first kappa shape index (κ1) is 108. The Labute approximate surface area is 825 Å². The van der Waals surface area contributed by atoms with Gasteiger partial charge in [0, 0.05) is 85.5 Å². The van der Waals surface area contributed by atoms with E-state index in [-0.39, 0.29) is 73.0 Å². The quantitative estimate of drug-likeness (QED) is 0.0188. The molecular weight excluding hydrogens is 1960 g/mol. The zero-order valence-electron chi connectivity index (χ0n) is 80.5. The third kappa shape index (κ3) is 29.4. The van der Waals surface area contributed by atoms with Crippen molar-refractivity contribution in [2.75, 3.05) is 129 Å². The molecule has 0 saturated carbocycles. The van der Waals surface area contributed by atoms with Gasteiger partial charge in [-0.2, -0.15) is 47.3 Å². The first-order valence-corrected chi connectivity index (χ1v) is 53.8. The maximum absolute atomic E-state index is 13.0. The van der Waals surface area contributed by atoms with Gasteiger partial charge in [-0.05, 0) is 184 Å². The predicted molar refractivity (Wildman–Crippen MR) is 543 cm³/mol. The highest BCUT2D eigenvalue weighted by Crippen LogP contribution is 2.38. The number of benzene rings is 6. The van der Waals surface area contributed by atoms with Crippen molar-refractivity contribution in [1.29, 1.82) is 0 Å². The van der Waals surface area contributed by atoms with E-state index in [9.17, 15) is 55.8 Å². The molecule has 0 fully saturated rings. The molecule has 45 nitrogen and oxygen atoms in total. The SMILES string of the molecule is CC(C)(C)OC(=O)NCCS(=O)(=O)N1CCc2cc(Cn3nc(-c4ccc5oc(N)nc5c4)c4c(N)ncnc43)ccc2C1.CCCS(=O)(=O)Cl.CCCS(=O)(=O)[O-].CCN(CC)CC.NCCS(=O)(=O)N1CCc2cc(Cn3nc(-c4ccc5oc(N)nc5c4)c4c(N)ncnc43)ccc2C1.NCCS(=O)(=O)O.Nc1nc2cc(-c3nn(Cc4ccc5c(c4)CCNC5)c4ncnc(N)c34)ccc2o1.[2H]CF. The molecule has 0 bridgehead atoms. The van der Waals surface area contributed by atoms with E-state index in [0.29, 0.717) is 161 Å². The summed E-state index contributed by atoms with van der Waals surface area (Å²) >= 11 is 0. The third-order valence-electron chi connectivity index (χ3n) is 22.2. The van der Waals surface area contributed by atoms with Gasteiger partial charge in [-0.1, -0.05) is 89.2 Å². The summed E-state index contributed by atoms with van der Waals surface area (Å²) in [5.41, 5.74) is 65.4. The molecule has 1 amide bonds. The van der Waals surface area contributed by atoms with Crippen molar-refractivity contribution in [3.05, 3.63) is 178 Å². The van der Waals surface area contributed by atoms with Crippen LogP contribution in [0.25, 0.3) is 100 Å². The Morgan fingerprint density at radius 3 is 1.20 bits per heavy atom. The van der Waals surface area contributed by atoms with Crippen LogP contribution in [0, 0.1) is 0 Å². The number of nitrogens with two attached hydrogens (primary N) is 8. The van der Waals surface area contributed by atoms with Crippen molar-refractivity contribution < 1.29 is 79.7 Å². The lowest BCUT2D eigenvalue weighted by Crippen LogP contribution is -2.41.